The van der Waals surface area contributed by atoms with Crippen LogP contribution in [0.1, 0.15) is 11.3 Å². The Morgan fingerprint density at radius 2 is 1.35 bits per heavy atom. The van der Waals surface area contributed by atoms with Crippen molar-refractivity contribution >= 4 is 29.4 Å². The van der Waals surface area contributed by atoms with Crippen LogP contribution in [0.3, 0.4) is 0 Å². The molecule has 0 atom stereocenters. The number of nitrogens with one attached hydrogen (secondary N) is 3. The molecule has 0 saturated carbocycles. The Morgan fingerprint density at radius 1 is 0.735 bits per heavy atom. The largest absolute Gasteiger partial charge is 0.433 e. The van der Waals surface area contributed by atoms with E-state index in [2.05, 4.69) is 35.9 Å². The maximum Gasteiger partial charge on any atom is 0.433 e. The van der Waals surface area contributed by atoms with E-state index in [1.807, 2.05) is 0 Å². The summed E-state index contributed by atoms with van der Waals surface area (Å²) in [6.45, 7) is -1.03. The second-order valence-corrected chi connectivity index (χ2v) is 6.75. The van der Waals surface area contributed by atoms with Gasteiger partial charge in [-0.05, 0) is 30.3 Å². The minimum atomic E-state index is -4.70. The summed E-state index contributed by atoms with van der Waals surface area (Å²) in [4.78, 5) is 15.3. The minimum Gasteiger partial charge on any atom is -0.394 e. The lowest BCUT2D eigenvalue weighted by molar-refractivity contribution is -0.141. The lowest BCUT2D eigenvalue weighted by atomic mass is 10.2. The molecule has 0 aliphatic carbocycles. The van der Waals surface area contributed by atoms with Crippen molar-refractivity contribution in [1.82, 2.24) is 19.9 Å². The number of hydrogen-bond donors (Lipinski definition) is 5. The van der Waals surface area contributed by atoms with Crippen molar-refractivity contribution in [3.05, 3.63) is 53.7 Å². The predicted octanol–water partition coefficient (Wildman–Crippen LogP) is 3.56. The third-order valence-electron chi connectivity index (χ3n) is 4.13. The van der Waals surface area contributed by atoms with Crippen LogP contribution >= 0.6 is 0 Å². The summed E-state index contributed by atoms with van der Waals surface area (Å²) in [6.07, 6.45) is -9.30. The van der Waals surface area contributed by atoms with Crippen LogP contribution < -0.4 is 16.0 Å². The molecule has 0 aliphatic heterocycles. The normalized spacial score (nSPS) is 12.0. The van der Waals surface area contributed by atoms with E-state index in [-0.39, 0.29) is 29.4 Å². The lowest BCUT2D eigenvalue weighted by Crippen LogP contribution is -2.29. The number of aliphatic hydroxyl groups is 2. The molecular formula is C19H17F6N7O2. The van der Waals surface area contributed by atoms with Gasteiger partial charge in [-0.15, -0.1) is 0 Å². The molecule has 5 N–H and O–H groups in total. The molecule has 0 radical (unpaired) electrons. The summed E-state index contributed by atoms with van der Waals surface area (Å²) < 4.78 is 77.8. The molecule has 2 heterocycles. The Balaban J connectivity index is 1.94. The second-order valence-electron chi connectivity index (χ2n) is 6.75. The number of rotatable bonds is 8. The van der Waals surface area contributed by atoms with Gasteiger partial charge in [-0.3, -0.25) is 0 Å². The molecule has 0 amide bonds. The van der Waals surface area contributed by atoms with Gasteiger partial charge < -0.3 is 26.2 Å². The molecule has 0 aliphatic rings. The fraction of sp³-hybridized carbons (Fsp3) is 0.263. The molecule has 15 heteroatoms. The van der Waals surface area contributed by atoms with Crippen LogP contribution in [0.15, 0.2) is 42.5 Å². The molecule has 1 aromatic carbocycles. The third kappa shape index (κ3) is 6.64. The highest BCUT2D eigenvalue weighted by Crippen LogP contribution is 2.31. The van der Waals surface area contributed by atoms with Gasteiger partial charge in [0.25, 0.3) is 0 Å². The highest BCUT2D eigenvalue weighted by atomic mass is 19.4. The molecule has 0 fully saturated rings. The number of alkyl halides is 6. The van der Waals surface area contributed by atoms with Gasteiger partial charge in [-0.2, -0.15) is 41.3 Å². The Morgan fingerprint density at radius 3 is 1.97 bits per heavy atom. The van der Waals surface area contributed by atoms with E-state index in [0.717, 1.165) is 30.3 Å². The molecule has 3 aromatic rings. The standard InChI is InChI=1S/C19H17F6N7O2/c20-18(21,22)10-3-1-4-11(7-10)26-15-30-16(27-12(8-33)9-34)32-17(31-15)29-14-6-2-5-13(28-14)19(23,24)25/h1-7,12,33-34H,8-9H2,(H3,26,27,28,29,30,31,32). The van der Waals surface area contributed by atoms with Gasteiger partial charge in [0.2, 0.25) is 17.8 Å². The Kier molecular flexibility index (Phi) is 7.36. The number of benzene rings is 1. The second kappa shape index (κ2) is 10.0. The summed E-state index contributed by atoms with van der Waals surface area (Å²) in [5.41, 5.74) is -2.14. The first kappa shape index (κ1) is 24.9. The highest BCUT2D eigenvalue weighted by Gasteiger charge is 2.32. The maximum absolute atomic E-state index is 13.0. The molecule has 0 unspecified atom stereocenters. The van der Waals surface area contributed by atoms with Gasteiger partial charge in [0.05, 0.1) is 24.8 Å². The van der Waals surface area contributed by atoms with Crippen molar-refractivity contribution in [3.8, 4) is 0 Å². The van der Waals surface area contributed by atoms with E-state index < -0.39 is 42.9 Å². The monoisotopic (exact) mass is 489 g/mol. The molecule has 0 spiro atoms. The number of halogens is 6. The molecule has 9 nitrogen and oxygen atoms in total. The van der Waals surface area contributed by atoms with Crippen LogP contribution in [0.5, 0.6) is 0 Å². The molecule has 0 saturated heterocycles. The fourth-order valence-electron chi connectivity index (χ4n) is 2.56. The SMILES string of the molecule is OCC(CO)Nc1nc(Nc2cccc(C(F)(F)F)c2)nc(Nc2cccc(C(F)(F)F)n2)n1. The molecule has 2 aromatic heterocycles. The molecular weight excluding hydrogens is 472 g/mol. The molecule has 0 bridgehead atoms. The number of aliphatic hydroxyl groups excluding tert-OH is 2. The lowest BCUT2D eigenvalue weighted by Gasteiger charge is -2.16. The van der Waals surface area contributed by atoms with Crippen molar-refractivity contribution < 1.29 is 36.6 Å². The van der Waals surface area contributed by atoms with Crippen molar-refractivity contribution in [1.29, 1.82) is 0 Å². The molecule has 182 valence electrons. The summed E-state index contributed by atoms with van der Waals surface area (Å²) in [7, 11) is 0. The van der Waals surface area contributed by atoms with Gasteiger partial charge in [0.1, 0.15) is 11.5 Å². The van der Waals surface area contributed by atoms with Crippen molar-refractivity contribution in [2.24, 2.45) is 0 Å². The number of anilines is 5. The van der Waals surface area contributed by atoms with Crippen LogP contribution in [-0.4, -0.2) is 49.4 Å². The first-order valence-electron chi connectivity index (χ1n) is 9.48. The van der Waals surface area contributed by atoms with E-state index in [1.54, 1.807) is 0 Å². The van der Waals surface area contributed by atoms with E-state index in [1.165, 1.54) is 12.1 Å². The Labute approximate surface area is 187 Å². The van der Waals surface area contributed by atoms with Crippen molar-refractivity contribution in [2.75, 3.05) is 29.2 Å². The van der Waals surface area contributed by atoms with Crippen molar-refractivity contribution in [3.63, 3.8) is 0 Å². The maximum atomic E-state index is 13.0. The van der Waals surface area contributed by atoms with Crippen LogP contribution in [-0.2, 0) is 12.4 Å². The summed E-state index contributed by atoms with van der Waals surface area (Å²) in [5, 5.41) is 26.1. The number of pyridine rings is 1. The summed E-state index contributed by atoms with van der Waals surface area (Å²) in [5.74, 6) is -1.08. The number of aromatic nitrogens is 4. The van der Waals surface area contributed by atoms with Gasteiger partial charge >= 0.3 is 12.4 Å². The van der Waals surface area contributed by atoms with Gasteiger partial charge in [0, 0.05) is 5.69 Å². The zero-order chi connectivity index (χ0) is 24.9. The van der Waals surface area contributed by atoms with Gasteiger partial charge in [0.15, 0.2) is 0 Å². The first-order valence-corrected chi connectivity index (χ1v) is 9.48. The molecule has 3 rings (SSSR count). The highest BCUT2D eigenvalue weighted by molar-refractivity contribution is 5.58. The van der Waals surface area contributed by atoms with Crippen LogP contribution in [0.2, 0.25) is 0 Å². The fourth-order valence-corrected chi connectivity index (χ4v) is 2.56. The quantitative estimate of drug-likeness (QED) is 0.302. The van der Waals surface area contributed by atoms with Crippen LogP contribution in [0.4, 0.5) is 55.7 Å². The average Bonchev–Trinajstić information content (AvgIpc) is 2.76. The Hall–Kier alpha value is -3.72. The minimum absolute atomic E-state index is 0.0315. The van der Waals surface area contributed by atoms with E-state index in [4.69, 9.17) is 0 Å². The number of hydrogen-bond acceptors (Lipinski definition) is 9. The summed E-state index contributed by atoms with van der Waals surface area (Å²) >= 11 is 0. The molecule has 34 heavy (non-hydrogen) atoms. The number of nitrogens with zero attached hydrogens (tertiary/aromatic N) is 4. The predicted molar refractivity (Wildman–Crippen MR) is 109 cm³/mol. The smallest absolute Gasteiger partial charge is 0.394 e. The van der Waals surface area contributed by atoms with E-state index in [0.29, 0.717) is 0 Å². The van der Waals surface area contributed by atoms with Gasteiger partial charge in [-0.1, -0.05) is 12.1 Å². The zero-order valence-electron chi connectivity index (χ0n) is 17.0. The van der Waals surface area contributed by atoms with E-state index >= 15 is 0 Å². The van der Waals surface area contributed by atoms with Crippen LogP contribution in [0, 0.1) is 0 Å². The van der Waals surface area contributed by atoms with Crippen LogP contribution in [0.25, 0.3) is 0 Å². The third-order valence-corrected chi connectivity index (χ3v) is 4.13. The first-order chi connectivity index (χ1) is 16.0. The van der Waals surface area contributed by atoms with E-state index in [9.17, 15) is 36.6 Å². The average molecular weight is 489 g/mol. The van der Waals surface area contributed by atoms with Crippen molar-refractivity contribution in [2.45, 2.75) is 18.4 Å². The Bertz CT molecular complexity index is 1050. The summed E-state index contributed by atoms with van der Waals surface area (Å²) in [6, 6.07) is 6.34. The topological polar surface area (TPSA) is 128 Å². The zero-order valence-corrected chi connectivity index (χ0v) is 17.0. The van der Waals surface area contributed by atoms with Gasteiger partial charge in [-0.25, -0.2) is 4.98 Å².